The lowest BCUT2D eigenvalue weighted by Gasteiger charge is -2.15. The summed E-state index contributed by atoms with van der Waals surface area (Å²) in [6.45, 7) is 1.18. The number of hydrazone groups is 1. The number of hydrogen-bond acceptors (Lipinski definition) is 7. The Balaban J connectivity index is 1.51. The smallest absolute Gasteiger partial charge is 0.243 e. The van der Waals surface area contributed by atoms with Crippen molar-refractivity contribution < 1.29 is 12.8 Å². The lowest BCUT2D eigenvalue weighted by Crippen LogP contribution is -2.27. The maximum Gasteiger partial charge on any atom is 0.243 e. The van der Waals surface area contributed by atoms with E-state index in [-0.39, 0.29) is 0 Å². The second kappa shape index (κ2) is 7.63. The van der Waals surface area contributed by atoms with Crippen LogP contribution >= 0.6 is 11.3 Å². The zero-order valence-corrected chi connectivity index (χ0v) is 16.0. The van der Waals surface area contributed by atoms with Crippen molar-refractivity contribution in [3.8, 4) is 11.3 Å². The summed E-state index contributed by atoms with van der Waals surface area (Å²) in [5.41, 5.74) is 4.31. The van der Waals surface area contributed by atoms with E-state index in [9.17, 15) is 8.42 Å². The highest BCUT2D eigenvalue weighted by Crippen LogP contribution is 2.28. The van der Waals surface area contributed by atoms with Crippen molar-refractivity contribution >= 4 is 32.7 Å². The van der Waals surface area contributed by atoms with Crippen LogP contribution in [0.1, 0.15) is 18.6 Å². The summed E-state index contributed by atoms with van der Waals surface area (Å²) < 4.78 is 32.2. The summed E-state index contributed by atoms with van der Waals surface area (Å²) >= 11 is 1.39. The average Bonchev–Trinajstić information content (AvgIpc) is 3.44. The molecule has 140 valence electrons. The molecule has 7 nitrogen and oxygen atoms in total. The lowest BCUT2D eigenvalue weighted by molar-refractivity contribution is 0.477. The van der Waals surface area contributed by atoms with Gasteiger partial charge in [-0.1, -0.05) is 12.1 Å². The molecule has 0 radical (unpaired) electrons. The minimum atomic E-state index is -3.44. The predicted octanol–water partition coefficient (Wildman–Crippen LogP) is 3.63. The Morgan fingerprint density at radius 2 is 2.07 bits per heavy atom. The van der Waals surface area contributed by atoms with Gasteiger partial charge in [0.15, 0.2) is 0 Å². The molecule has 2 aromatic heterocycles. The molecular formula is C18H18N4O3S2. The number of thiazole rings is 1. The zero-order valence-electron chi connectivity index (χ0n) is 14.4. The molecule has 1 aliphatic rings. The molecular weight excluding hydrogens is 384 g/mol. The van der Waals surface area contributed by atoms with Crippen LogP contribution in [0.2, 0.25) is 0 Å². The number of aromatic nitrogens is 1. The lowest BCUT2D eigenvalue weighted by atomic mass is 10.2. The SMILES string of the molecule is O=S(=O)(c1cccc(-c2csc(N/N=C/c3ccco3)n2)c1)N1CCCC1. The van der Waals surface area contributed by atoms with Crippen LogP contribution in [0.25, 0.3) is 11.3 Å². The van der Waals surface area contributed by atoms with Crippen molar-refractivity contribution in [3.63, 3.8) is 0 Å². The Labute approximate surface area is 161 Å². The van der Waals surface area contributed by atoms with E-state index in [0.717, 1.165) is 18.4 Å². The van der Waals surface area contributed by atoms with Crippen molar-refractivity contribution in [2.45, 2.75) is 17.7 Å². The van der Waals surface area contributed by atoms with Gasteiger partial charge in [0.2, 0.25) is 15.2 Å². The first-order valence-electron chi connectivity index (χ1n) is 8.52. The summed E-state index contributed by atoms with van der Waals surface area (Å²) in [4.78, 5) is 4.78. The molecule has 3 heterocycles. The molecule has 1 aliphatic heterocycles. The van der Waals surface area contributed by atoms with E-state index < -0.39 is 10.0 Å². The molecule has 27 heavy (non-hydrogen) atoms. The summed E-state index contributed by atoms with van der Waals surface area (Å²) in [5, 5.41) is 6.56. The van der Waals surface area contributed by atoms with Crippen LogP contribution < -0.4 is 5.43 Å². The van der Waals surface area contributed by atoms with Gasteiger partial charge in [-0.15, -0.1) is 11.3 Å². The molecule has 4 rings (SSSR count). The van der Waals surface area contributed by atoms with Gasteiger partial charge in [-0.2, -0.15) is 9.41 Å². The zero-order chi connectivity index (χ0) is 18.7. The van der Waals surface area contributed by atoms with E-state index in [1.54, 1.807) is 47.1 Å². The third kappa shape index (κ3) is 3.95. The van der Waals surface area contributed by atoms with Crippen LogP contribution in [0.3, 0.4) is 0 Å². The van der Waals surface area contributed by atoms with Crippen molar-refractivity contribution in [1.29, 1.82) is 0 Å². The first-order chi connectivity index (χ1) is 13.1. The number of rotatable bonds is 6. The molecule has 0 unspecified atom stereocenters. The number of nitrogens with zero attached hydrogens (tertiary/aromatic N) is 3. The highest BCUT2D eigenvalue weighted by Gasteiger charge is 2.27. The fourth-order valence-electron chi connectivity index (χ4n) is 2.87. The van der Waals surface area contributed by atoms with E-state index in [1.807, 2.05) is 11.4 Å². The van der Waals surface area contributed by atoms with Gasteiger partial charge in [0.05, 0.1) is 23.1 Å². The second-order valence-electron chi connectivity index (χ2n) is 6.06. The third-order valence-corrected chi connectivity index (χ3v) is 6.87. The minimum Gasteiger partial charge on any atom is -0.463 e. The molecule has 0 amide bonds. The van der Waals surface area contributed by atoms with Crippen LogP contribution in [0.5, 0.6) is 0 Å². The Kier molecular flexibility index (Phi) is 5.06. The maximum absolute atomic E-state index is 12.7. The Bertz CT molecular complexity index is 1040. The molecule has 0 atom stereocenters. The molecule has 9 heteroatoms. The van der Waals surface area contributed by atoms with Gasteiger partial charge in [-0.3, -0.25) is 5.43 Å². The van der Waals surface area contributed by atoms with E-state index in [4.69, 9.17) is 4.42 Å². The number of nitrogens with one attached hydrogen (secondary N) is 1. The molecule has 0 saturated carbocycles. The molecule has 1 fully saturated rings. The number of benzene rings is 1. The van der Waals surface area contributed by atoms with E-state index in [2.05, 4.69) is 15.5 Å². The molecule has 1 N–H and O–H groups in total. The van der Waals surface area contributed by atoms with E-state index in [0.29, 0.717) is 34.6 Å². The van der Waals surface area contributed by atoms with E-state index in [1.165, 1.54) is 11.3 Å². The minimum absolute atomic E-state index is 0.306. The van der Waals surface area contributed by atoms with Gasteiger partial charge in [-0.05, 0) is 37.1 Å². The second-order valence-corrected chi connectivity index (χ2v) is 8.86. The first-order valence-corrected chi connectivity index (χ1v) is 10.8. The van der Waals surface area contributed by atoms with Gasteiger partial charge in [-0.25, -0.2) is 13.4 Å². The quantitative estimate of drug-likeness (QED) is 0.502. The predicted molar refractivity (Wildman–Crippen MR) is 105 cm³/mol. The fourth-order valence-corrected chi connectivity index (χ4v) is 5.10. The molecule has 1 aromatic carbocycles. The fraction of sp³-hybridized carbons (Fsp3) is 0.222. The Morgan fingerprint density at radius 1 is 1.22 bits per heavy atom. The maximum atomic E-state index is 12.7. The summed E-state index contributed by atoms with van der Waals surface area (Å²) in [6.07, 6.45) is 4.97. The van der Waals surface area contributed by atoms with Gasteiger partial charge in [0.25, 0.3) is 0 Å². The van der Waals surface area contributed by atoms with Crippen molar-refractivity contribution in [2.24, 2.45) is 5.10 Å². The van der Waals surface area contributed by atoms with Crippen LogP contribution in [0.4, 0.5) is 5.13 Å². The summed E-state index contributed by atoms with van der Waals surface area (Å²) in [5.74, 6) is 0.638. The monoisotopic (exact) mass is 402 g/mol. The summed E-state index contributed by atoms with van der Waals surface area (Å²) in [7, 11) is -3.44. The third-order valence-electron chi connectivity index (χ3n) is 4.23. The highest BCUT2D eigenvalue weighted by molar-refractivity contribution is 7.89. The number of anilines is 1. The van der Waals surface area contributed by atoms with Gasteiger partial charge in [0.1, 0.15) is 5.76 Å². The molecule has 1 saturated heterocycles. The van der Waals surface area contributed by atoms with Gasteiger partial charge >= 0.3 is 0 Å². The van der Waals surface area contributed by atoms with Crippen molar-refractivity contribution in [1.82, 2.24) is 9.29 Å². The standard InChI is InChI=1S/C18H18N4O3S2/c23-27(24,22-8-1-2-9-22)16-7-3-5-14(11-16)17-13-26-18(20-17)21-19-12-15-6-4-10-25-15/h3-7,10-13H,1-2,8-9H2,(H,20,21)/b19-12+. The molecule has 0 bridgehead atoms. The topological polar surface area (TPSA) is 87.8 Å². The largest absolute Gasteiger partial charge is 0.463 e. The van der Waals surface area contributed by atoms with Crippen molar-refractivity contribution in [2.75, 3.05) is 18.5 Å². The number of furan rings is 1. The van der Waals surface area contributed by atoms with Crippen LogP contribution in [0.15, 0.2) is 62.5 Å². The normalized spacial score (nSPS) is 15.6. The number of hydrogen-bond donors (Lipinski definition) is 1. The number of sulfonamides is 1. The molecule has 0 aliphatic carbocycles. The highest BCUT2D eigenvalue weighted by atomic mass is 32.2. The van der Waals surface area contributed by atoms with E-state index >= 15 is 0 Å². The molecule has 3 aromatic rings. The average molecular weight is 403 g/mol. The molecule has 0 spiro atoms. The van der Waals surface area contributed by atoms with Crippen LogP contribution in [-0.4, -0.2) is 37.0 Å². The first kappa shape index (κ1) is 17.9. The van der Waals surface area contributed by atoms with Gasteiger partial charge in [0, 0.05) is 24.0 Å². The Hall–Kier alpha value is -2.49. The van der Waals surface area contributed by atoms with Crippen LogP contribution in [-0.2, 0) is 10.0 Å². The van der Waals surface area contributed by atoms with Gasteiger partial charge < -0.3 is 4.42 Å². The summed E-state index contributed by atoms with van der Waals surface area (Å²) in [6, 6.07) is 10.5. The van der Waals surface area contributed by atoms with Crippen LogP contribution in [0, 0.1) is 0 Å². The van der Waals surface area contributed by atoms with Crippen molar-refractivity contribution in [3.05, 3.63) is 53.8 Å². The Morgan fingerprint density at radius 3 is 2.85 bits per heavy atom.